The molecule has 1 heterocycles. The molecule has 0 bridgehead atoms. The maximum absolute atomic E-state index is 13.6. The topological polar surface area (TPSA) is 114 Å². The van der Waals surface area contributed by atoms with Gasteiger partial charge in [-0.15, -0.1) is 0 Å². The van der Waals surface area contributed by atoms with Crippen LogP contribution in [-0.2, 0) is 19.6 Å². The zero-order valence-electron chi connectivity index (χ0n) is 21.3. The Morgan fingerprint density at radius 3 is 2.35 bits per heavy atom. The molecule has 0 spiro atoms. The highest BCUT2D eigenvalue weighted by Crippen LogP contribution is 2.39. The van der Waals surface area contributed by atoms with E-state index in [9.17, 15) is 40.0 Å². The van der Waals surface area contributed by atoms with Crippen LogP contribution in [0, 0.1) is 11.7 Å². The van der Waals surface area contributed by atoms with Gasteiger partial charge in [-0.1, -0.05) is 0 Å². The number of hydrogen-bond acceptors (Lipinski definition) is 6. The zero-order valence-corrected chi connectivity index (χ0v) is 22.1. The Morgan fingerprint density at radius 1 is 1.10 bits per heavy atom. The lowest BCUT2D eigenvalue weighted by Gasteiger charge is -2.36. The standard InChI is InChI=1S/C25H26F5N3O6S/c1-24(2,25(28,29)30)39-23(35)32-17-5-8-21-20(11-17)33(40(36,37)19-6-3-15(26)4-7-19)13-18(38-21)12-31-22(34)14-9-16(27)10-14/h3-8,11,14,16,18H,9-10,12-13H2,1-2H3,(H,31,34)(H,32,35)/t14?,16?,18-/m0/s1. The molecule has 0 aromatic heterocycles. The first-order valence-electron chi connectivity index (χ1n) is 12.1. The predicted octanol–water partition coefficient (Wildman–Crippen LogP) is 4.54. The Balaban J connectivity index is 1.59. The summed E-state index contributed by atoms with van der Waals surface area (Å²) < 4.78 is 104. The summed E-state index contributed by atoms with van der Waals surface area (Å²) in [5.41, 5.74) is -2.96. The van der Waals surface area contributed by atoms with Crippen LogP contribution >= 0.6 is 0 Å². The number of carbonyl (C=O) groups excluding carboxylic acids is 2. The van der Waals surface area contributed by atoms with Crippen LogP contribution in [0.2, 0.25) is 0 Å². The number of halogens is 5. The van der Waals surface area contributed by atoms with E-state index in [1.165, 1.54) is 18.2 Å². The van der Waals surface area contributed by atoms with Crippen molar-refractivity contribution in [3.05, 3.63) is 48.3 Å². The van der Waals surface area contributed by atoms with E-state index >= 15 is 0 Å². The molecule has 2 aromatic carbocycles. The number of fused-ring (bicyclic) bond motifs is 1. The van der Waals surface area contributed by atoms with E-state index < -0.39 is 57.8 Å². The Labute approximate surface area is 226 Å². The third-order valence-electron chi connectivity index (χ3n) is 6.52. The van der Waals surface area contributed by atoms with E-state index in [-0.39, 0.29) is 48.0 Å². The van der Waals surface area contributed by atoms with E-state index in [0.717, 1.165) is 28.6 Å². The van der Waals surface area contributed by atoms with Crippen LogP contribution < -0.4 is 19.7 Å². The highest BCUT2D eigenvalue weighted by Gasteiger charge is 2.51. The van der Waals surface area contributed by atoms with Gasteiger partial charge in [0.1, 0.15) is 23.8 Å². The number of nitrogens with one attached hydrogen (secondary N) is 2. The molecule has 1 saturated carbocycles. The number of rotatable bonds is 7. The van der Waals surface area contributed by atoms with Gasteiger partial charge in [-0.25, -0.2) is 22.0 Å². The lowest BCUT2D eigenvalue weighted by molar-refractivity contribution is -0.242. The highest BCUT2D eigenvalue weighted by molar-refractivity contribution is 7.92. The van der Waals surface area contributed by atoms with Crippen molar-refractivity contribution in [2.45, 2.75) is 55.6 Å². The van der Waals surface area contributed by atoms with Gasteiger partial charge in [0.15, 0.2) is 0 Å². The van der Waals surface area contributed by atoms with Crippen molar-refractivity contribution in [1.29, 1.82) is 0 Å². The van der Waals surface area contributed by atoms with Crippen molar-refractivity contribution in [2.75, 3.05) is 22.7 Å². The van der Waals surface area contributed by atoms with Gasteiger partial charge in [-0.2, -0.15) is 13.2 Å². The predicted molar refractivity (Wildman–Crippen MR) is 133 cm³/mol. The van der Waals surface area contributed by atoms with Crippen LogP contribution in [0.4, 0.5) is 38.1 Å². The molecule has 2 aromatic rings. The number of nitrogens with zero attached hydrogens (tertiary/aromatic N) is 1. The van der Waals surface area contributed by atoms with Crippen molar-refractivity contribution in [2.24, 2.45) is 5.92 Å². The third kappa shape index (κ3) is 6.24. The number of alkyl halides is 4. The van der Waals surface area contributed by atoms with Crippen molar-refractivity contribution in [3.63, 3.8) is 0 Å². The molecular weight excluding hydrogens is 565 g/mol. The summed E-state index contributed by atoms with van der Waals surface area (Å²) in [6.45, 7) is 0.909. The number of hydrogen-bond donors (Lipinski definition) is 2. The number of amides is 2. The summed E-state index contributed by atoms with van der Waals surface area (Å²) in [6.07, 6.45) is -7.99. The van der Waals surface area contributed by atoms with Gasteiger partial charge in [0.25, 0.3) is 10.0 Å². The minimum atomic E-state index is -4.84. The molecule has 2 amide bonds. The number of benzene rings is 2. The molecule has 15 heteroatoms. The molecule has 2 N–H and O–H groups in total. The first-order valence-corrected chi connectivity index (χ1v) is 13.6. The maximum Gasteiger partial charge on any atom is 0.427 e. The molecule has 2 aliphatic rings. The molecule has 1 fully saturated rings. The lowest BCUT2D eigenvalue weighted by Crippen LogP contribution is -2.50. The van der Waals surface area contributed by atoms with Crippen molar-refractivity contribution >= 4 is 33.4 Å². The monoisotopic (exact) mass is 591 g/mol. The molecule has 4 rings (SSSR count). The highest BCUT2D eigenvalue weighted by atomic mass is 32.2. The first-order chi connectivity index (χ1) is 18.6. The smallest absolute Gasteiger partial charge is 0.427 e. The lowest BCUT2D eigenvalue weighted by atomic mass is 9.83. The summed E-state index contributed by atoms with van der Waals surface area (Å²) in [5, 5.41) is 4.77. The van der Waals surface area contributed by atoms with Gasteiger partial charge in [-0.05, 0) is 69.2 Å². The minimum absolute atomic E-state index is 0.0261. The maximum atomic E-state index is 13.6. The zero-order chi connectivity index (χ0) is 29.5. The molecular formula is C25H26F5N3O6S. The normalized spacial score (nSPS) is 21.0. The second-order valence-electron chi connectivity index (χ2n) is 9.95. The van der Waals surface area contributed by atoms with Crippen molar-refractivity contribution in [1.82, 2.24) is 5.32 Å². The van der Waals surface area contributed by atoms with Crippen LogP contribution in [0.25, 0.3) is 0 Å². The van der Waals surface area contributed by atoms with Crippen LogP contribution in [-0.4, -0.2) is 57.6 Å². The molecule has 0 radical (unpaired) electrons. The fourth-order valence-corrected chi connectivity index (χ4v) is 5.51. The molecule has 0 saturated heterocycles. The summed E-state index contributed by atoms with van der Waals surface area (Å²) in [4.78, 5) is 24.2. The first kappa shape index (κ1) is 29.4. The number of ether oxygens (including phenoxy) is 2. The summed E-state index contributed by atoms with van der Waals surface area (Å²) in [6, 6.07) is 7.75. The van der Waals surface area contributed by atoms with Crippen LogP contribution in [0.1, 0.15) is 26.7 Å². The molecule has 9 nitrogen and oxygen atoms in total. The SMILES string of the molecule is CC(C)(OC(=O)Nc1ccc2c(c1)N(S(=O)(=O)c1ccc(F)cc1)C[C@H](CNC(=O)C1CC(F)C1)O2)C(F)(F)F. The second-order valence-corrected chi connectivity index (χ2v) is 11.8. The second kappa shape index (κ2) is 10.7. The fraction of sp³-hybridized carbons (Fsp3) is 0.440. The van der Waals surface area contributed by atoms with Crippen LogP contribution in [0.15, 0.2) is 47.4 Å². The number of anilines is 2. The Hall–Kier alpha value is -3.62. The average Bonchev–Trinajstić information content (AvgIpc) is 2.84. The molecule has 1 aliphatic heterocycles. The number of sulfonamides is 1. The summed E-state index contributed by atoms with van der Waals surface area (Å²) in [5.74, 6) is -1.52. The summed E-state index contributed by atoms with van der Waals surface area (Å²) >= 11 is 0. The van der Waals surface area contributed by atoms with E-state index in [2.05, 4.69) is 15.4 Å². The molecule has 1 atom stereocenters. The van der Waals surface area contributed by atoms with Gasteiger partial charge < -0.3 is 14.8 Å². The number of carbonyl (C=O) groups is 2. The minimum Gasteiger partial charge on any atom is -0.484 e. The third-order valence-corrected chi connectivity index (χ3v) is 8.32. The van der Waals surface area contributed by atoms with Crippen molar-refractivity contribution in [3.8, 4) is 5.75 Å². The van der Waals surface area contributed by atoms with E-state index in [4.69, 9.17) is 4.74 Å². The summed E-state index contributed by atoms with van der Waals surface area (Å²) in [7, 11) is -4.34. The molecule has 40 heavy (non-hydrogen) atoms. The van der Waals surface area contributed by atoms with Gasteiger partial charge in [0.2, 0.25) is 11.5 Å². The van der Waals surface area contributed by atoms with Gasteiger partial charge in [-0.3, -0.25) is 14.4 Å². The quantitative estimate of drug-likeness (QED) is 0.458. The molecule has 218 valence electrons. The largest absolute Gasteiger partial charge is 0.484 e. The Morgan fingerprint density at radius 2 is 1.75 bits per heavy atom. The van der Waals surface area contributed by atoms with Gasteiger partial charge in [0, 0.05) is 11.6 Å². The van der Waals surface area contributed by atoms with Crippen LogP contribution in [0.5, 0.6) is 5.75 Å². The fourth-order valence-electron chi connectivity index (χ4n) is 4.01. The average molecular weight is 592 g/mol. The Bertz CT molecular complexity index is 1380. The molecule has 0 unspecified atom stereocenters. The van der Waals surface area contributed by atoms with Crippen molar-refractivity contribution < 1.29 is 49.4 Å². The Kier molecular flexibility index (Phi) is 7.89. The van der Waals surface area contributed by atoms with E-state index in [1.807, 2.05) is 0 Å². The van der Waals surface area contributed by atoms with E-state index in [0.29, 0.717) is 13.8 Å². The van der Waals surface area contributed by atoms with E-state index in [1.54, 1.807) is 0 Å². The van der Waals surface area contributed by atoms with Gasteiger partial charge in [0.05, 0.1) is 23.7 Å². The van der Waals surface area contributed by atoms with Gasteiger partial charge >= 0.3 is 12.3 Å². The van der Waals surface area contributed by atoms with Crippen LogP contribution in [0.3, 0.4) is 0 Å². The molecule has 1 aliphatic carbocycles.